The summed E-state index contributed by atoms with van der Waals surface area (Å²) < 4.78 is 7.16. The maximum Gasteiger partial charge on any atom is 0.326 e. The van der Waals surface area contributed by atoms with E-state index in [2.05, 4.69) is 5.32 Å². The standard InChI is InChI=1S/C17H22N2O4/c1-11(2)16(17(21)22)18-15(20)7-9-19-8-6-12-10-13(23-3)4-5-14(12)19/h4-6,8,10-11,16H,7,9H2,1-3H3,(H,18,20)(H,21,22)/t16-/m0/s1. The highest BCUT2D eigenvalue weighted by atomic mass is 16.5. The second-order valence-corrected chi connectivity index (χ2v) is 5.81. The van der Waals surface area contributed by atoms with Crippen molar-refractivity contribution >= 4 is 22.8 Å². The molecule has 23 heavy (non-hydrogen) atoms. The van der Waals surface area contributed by atoms with Crippen LogP contribution in [-0.4, -0.2) is 34.7 Å². The molecule has 0 saturated carbocycles. The minimum absolute atomic E-state index is 0.156. The number of nitrogens with one attached hydrogen (secondary N) is 1. The van der Waals surface area contributed by atoms with Gasteiger partial charge in [-0.05, 0) is 30.2 Å². The van der Waals surface area contributed by atoms with Gasteiger partial charge >= 0.3 is 5.97 Å². The summed E-state index contributed by atoms with van der Waals surface area (Å²) in [6, 6.07) is 6.86. The van der Waals surface area contributed by atoms with Crippen LogP contribution in [0.4, 0.5) is 0 Å². The molecule has 2 rings (SSSR count). The second kappa shape index (κ2) is 7.17. The van der Waals surface area contributed by atoms with Gasteiger partial charge in [-0.25, -0.2) is 4.79 Å². The Morgan fingerprint density at radius 3 is 2.65 bits per heavy atom. The summed E-state index contributed by atoms with van der Waals surface area (Å²) in [6.07, 6.45) is 2.14. The van der Waals surface area contributed by atoms with Gasteiger partial charge in [0.1, 0.15) is 11.8 Å². The number of hydrogen-bond acceptors (Lipinski definition) is 3. The first-order valence-corrected chi connectivity index (χ1v) is 7.57. The van der Waals surface area contributed by atoms with Gasteiger partial charge < -0.3 is 19.7 Å². The average molecular weight is 318 g/mol. The molecule has 0 unspecified atom stereocenters. The lowest BCUT2D eigenvalue weighted by molar-refractivity contribution is -0.143. The van der Waals surface area contributed by atoms with E-state index in [0.29, 0.717) is 6.54 Å². The fourth-order valence-electron chi connectivity index (χ4n) is 2.48. The minimum atomic E-state index is -1.01. The van der Waals surface area contributed by atoms with Crippen LogP contribution in [0.15, 0.2) is 30.5 Å². The number of benzene rings is 1. The molecule has 1 atom stereocenters. The Morgan fingerprint density at radius 1 is 1.30 bits per heavy atom. The predicted octanol–water partition coefficient (Wildman–Crippen LogP) is 2.27. The molecule has 2 N–H and O–H groups in total. The summed E-state index contributed by atoms with van der Waals surface area (Å²) in [5.41, 5.74) is 1.01. The molecule has 0 bridgehead atoms. The minimum Gasteiger partial charge on any atom is -0.497 e. The summed E-state index contributed by atoms with van der Waals surface area (Å²) in [5, 5.41) is 12.7. The number of carbonyl (C=O) groups excluding carboxylic acids is 1. The Labute approximate surface area is 135 Å². The van der Waals surface area contributed by atoms with Gasteiger partial charge in [-0.3, -0.25) is 4.79 Å². The number of carboxylic acid groups (broad SMARTS) is 1. The molecule has 0 fully saturated rings. The van der Waals surface area contributed by atoms with Gasteiger partial charge in [0.25, 0.3) is 0 Å². The summed E-state index contributed by atoms with van der Waals surface area (Å²) >= 11 is 0. The molecule has 124 valence electrons. The van der Waals surface area contributed by atoms with E-state index in [1.54, 1.807) is 21.0 Å². The van der Waals surface area contributed by atoms with E-state index >= 15 is 0 Å². The van der Waals surface area contributed by atoms with Crippen molar-refractivity contribution in [2.75, 3.05) is 7.11 Å². The van der Waals surface area contributed by atoms with Gasteiger partial charge in [-0.1, -0.05) is 13.8 Å². The zero-order valence-electron chi connectivity index (χ0n) is 13.6. The van der Waals surface area contributed by atoms with Crippen LogP contribution in [0.5, 0.6) is 5.75 Å². The van der Waals surface area contributed by atoms with Crippen molar-refractivity contribution in [1.29, 1.82) is 0 Å². The molecule has 6 nitrogen and oxygen atoms in total. The fraction of sp³-hybridized carbons (Fsp3) is 0.412. The Bertz CT molecular complexity index is 706. The van der Waals surface area contributed by atoms with Crippen LogP contribution in [0.25, 0.3) is 10.9 Å². The normalized spacial score (nSPS) is 12.3. The highest BCUT2D eigenvalue weighted by molar-refractivity contribution is 5.84. The third-order valence-corrected chi connectivity index (χ3v) is 3.81. The Kier molecular flexibility index (Phi) is 5.26. The zero-order valence-corrected chi connectivity index (χ0v) is 13.6. The molecule has 0 radical (unpaired) electrons. The van der Waals surface area contributed by atoms with Crippen molar-refractivity contribution in [3.05, 3.63) is 30.5 Å². The molecule has 1 aromatic carbocycles. The molecule has 6 heteroatoms. The van der Waals surface area contributed by atoms with E-state index < -0.39 is 12.0 Å². The molecule has 0 aliphatic heterocycles. The summed E-state index contributed by atoms with van der Waals surface area (Å²) in [7, 11) is 1.62. The first-order valence-electron chi connectivity index (χ1n) is 7.57. The highest BCUT2D eigenvalue weighted by Gasteiger charge is 2.23. The summed E-state index contributed by atoms with van der Waals surface area (Å²) in [4.78, 5) is 23.1. The third kappa shape index (κ3) is 4.03. The van der Waals surface area contributed by atoms with Crippen LogP contribution in [-0.2, 0) is 16.1 Å². The van der Waals surface area contributed by atoms with Gasteiger partial charge in [0.15, 0.2) is 0 Å². The first kappa shape index (κ1) is 16.9. The topological polar surface area (TPSA) is 80.6 Å². The Hall–Kier alpha value is -2.50. The van der Waals surface area contributed by atoms with Crippen molar-refractivity contribution in [2.45, 2.75) is 32.9 Å². The number of aryl methyl sites for hydroxylation is 1. The van der Waals surface area contributed by atoms with Gasteiger partial charge in [-0.15, -0.1) is 0 Å². The van der Waals surface area contributed by atoms with E-state index in [4.69, 9.17) is 9.84 Å². The van der Waals surface area contributed by atoms with E-state index in [1.807, 2.05) is 35.0 Å². The molecular formula is C17H22N2O4. The van der Waals surface area contributed by atoms with Crippen molar-refractivity contribution in [3.63, 3.8) is 0 Å². The number of methoxy groups -OCH3 is 1. The molecular weight excluding hydrogens is 296 g/mol. The van der Waals surface area contributed by atoms with Crippen LogP contribution in [0.1, 0.15) is 20.3 Å². The van der Waals surface area contributed by atoms with Crippen molar-refractivity contribution < 1.29 is 19.4 Å². The maximum atomic E-state index is 12.0. The fourth-order valence-corrected chi connectivity index (χ4v) is 2.48. The lowest BCUT2D eigenvalue weighted by atomic mass is 10.0. The largest absolute Gasteiger partial charge is 0.497 e. The maximum absolute atomic E-state index is 12.0. The van der Waals surface area contributed by atoms with Gasteiger partial charge in [0.05, 0.1) is 7.11 Å². The average Bonchev–Trinajstić information content (AvgIpc) is 2.92. The molecule has 2 aromatic rings. The lowest BCUT2D eigenvalue weighted by Crippen LogP contribution is -2.44. The number of fused-ring (bicyclic) bond motifs is 1. The van der Waals surface area contributed by atoms with Crippen LogP contribution in [0.3, 0.4) is 0 Å². The van der Waals surface area contributed by atoms with Gasteiger partial charge in [-0.2, -0.15) is 0 Å². The molecule has 0 aliphatic carbocycles. The molecule has 1 aromatic heterocycles. The summed E-state index contributed by atoms with van der Waals surface area (Å²) in [5.74, 6) is -0.640. The van der Waals surface area contributed by atoms with Crippen LogP contribution in [0, 0.1) is 5.92 Å². The third-order valence-electron chi connectivity index (χ3n) is 3.81. The zero-order chi connectivity index (χ0) is 17.0. The monoisotopic (exact) mass is 318 g/mol. The molecule has 1 heterocycles. The van der Waals surface area contributed by atoms with E-state index in [1.165, 1.54) is 0 Å². The highest BCUT2D eigenvalue weighted by Crippen LogP contribution is 2.22. The van der Waals surface area contributed by atoms with Crippen molar-refractivity contribution in [1.82, 2.24) is 9.88 Å². The number of aromatic nitrogens is 1. The van der Waals surface area contributed by atoms with Crippen LogP contribution < -0.4 is 10.1 Å². The quantitative estimate of drug-likeness (QED) is 0.820. The van der Waals surface area contributed by atoms with Gasteiger partial charge in [0, 0.05) is 30.1 Å². The SMILES string of the molecule is COc1ccc2c(ccn2CCC(=O)N[C@H](C(=O)O)C(C)C)c1. The van der Waals surface area contributed by atoms with Crippen LogP contribution >= 0.6 is 0 Å². The number of carboxylic acids is 1. The first-order chi connectivity index (χ1) is 10.9. The van der Waals surface area contributed by atoms with E-state index in [9.17, 15) is 9.59 Å². The smallest absolute Gasteiger partial charge is 0.326 e. The number of rotatable bonds is 7. The van der Waals surface area contributed by atoms with Crippen molar-refractivity contribution in [3.8, 4) is 5.75 Å². The lowest BCUT2D eigenvalue weighted by Gasteiger charge is -2.18. The molecule has 0 aliphatic rings. The molecule has 0 saturated heterocycles. The number of carbonyl (C=O) groups is 2. The number of ether oxygens (including phenoxy) is 1. The van der Waals surface area contributed by atoms with E-state index in [0.717, 1.165) is 16.7 Å². The van der Waals surface area contributed by atoms with Crippen LogP contribution in [0.2, 0.25) is 0 Å². The number of amides is 1. The predicted molar refractivity (Wildman–Crippen MR) is 87.5 cm³/mol. The van der Waals surface area contributed by atoms with E-state index in [-0.39, 0.29) is 18.2 Å². The van der Waals surface area contributed by atoms with Crippen molar-refractivity contribution in [2.24, 2.45) is 5.92 Å². The molecule has 0 spiro atoms. The number of nitrogens with zero attached hydrogens (tertiary/aromatic N) is 1. The molecule has 1 amide bonds. The second-order valence-electron chi connectivity index (χ2n) is 5.81. The number of hydrogen-bond donors (Lipinski definition) is 2. The van der Waals surface area contributed by atoms with Gasteiger partial charge in [0.2, 0.25) is 5.91 Å². The Morgan fingerprint density at radius 2 is 2.04 bits per heavy atom. The summed E-state index contributed by atoms with van der Waals surface area (Å²) in [6.45, 7) is 4.03. The number of aliphatic carboxylic acids is 1. The Balaban J connectivity index is 2.00.